The minimum absolute atomic E-state index is 0. The molecular weight excluding hydrogens is 487 g/mol. The van der Waals surface area contributed by atoms with Crippen LogP contribution in [0.15, 0.2) is 47.6 Å². The third-order valence-corrected chi connectivity index (χ3v) is 5.73. The molecule has 0 atom stereocenters. The smallest absolute Gasteiger partial charge is 0.193 e. The van der Waals surface area contributed by atoms with Crippen molar-refractivity contribution in [3.8, 4) is 0 Å². The van der Waals surface area contributed by atoms with Crippen LogP contribution in [0.1, 0.15) is 24.1 Å². The van der Waals surface area contributed by atoms with Gasteiger partial charge in [0.2, 0.25) is 0 Å². The number of aryl methyl sites for hydroxylation is 1. The molecule has 1 aliphatic rings. The highest BCUT2D eigenvalue weighted by molar-refractivity contribution is 14.0. The zero-order valence-corrected chi connectivity index (χ0v) is 19.9. The van der Waals surface area contributed by atoms with E-state index in [4.69, 9.17) is 16.3 Å². The van der Waals surface area contributed by atoms with Crippen LogP contribution >= 0.6 is 35.6 Å². The second-order valence-corrected chi connectivity index (χ2v) is 7.71. The molecule has 0 aliphatic carbocycles. The van der Waals surface area contributed by atoms with Gasteiger partial charge in [-0.15, -0.1) is 24.0 Å². The molecule has 1 aromatic carbocycles. The summed E-state index contributed by atoms with van der Waals surface area (Å²) in [5.74, 6) is 0.893. The molecule has 0 unspecified atom stereocenters. The number of halogens is 2. The first-order valence-corrected chi connectivity index (χ1v) is 9.78. The first kappa shape index (κ1) is 23.0. The van der Waals surface area contributed by atoms with Crippen molar-refractivity contribution in [2.45, 2.75) is 24.8 Å². The van der Waals surface area contributed by atoms with E-state index < -0.39 is 0 Å². The number of hydrogen-bond donors (Lipinski definition) is 1. The van der Waals surface area contributed by atoms with Crippen LogP contribution in [-0.2, 0) is 23.7 Å². The van der Waals surface area contributed by atoms with Crippen LogP contribution in [0.4, 0.5) is 0 Å². The van der Waals surface area contributed by atoms with Crippen molar-refractivity contribution in [3.63, 3.8) is 0 Å². The summed E-state index contributed by atoms with van der Waals surface area (Å²) in [7, 11) is 5.97. The van der Waals surface area contributed by atoms with Crippen molar-refractivity contribution >= 4 is 41.5 Å². The normalized spacial score (nSPS) is 16.4. The minimum Gasteiger partial charge on any atom is -0.381 e. The van der Waals surface area contributed by atoms with E-state index in [-0.39, 0.29) is 29.4 Å². The van der Waals surface area contributed by atoms with Crippen molar-refractivity contribution < 1.29 is 4.74 Å². The summed E-state index contributed by atoms with van der Waals surface area (Å²) in [6.07, 6.45) is 4.01. The molecule has 2 heterocycles. The standard InChI is InChI=1S/C21H29ClN4O.HI/c1-23-20(26(3)15-19-8-5-11-25(19)2)24-16-21(9-12-27-13-10-21)17-6-4-7-18(22)14-17;/h4-8,11,14H,9-10,12-13,15-16H2,1-3H3,(H,23,24);1H. The molecule has 7 heteroatoms. The number of ether oxygens (including phenoxy) is 1. The van der Waals surface area contributed by atoms with E-state index in [0.29, 0.717) is 0 Å². The number of nitrogens with one attached hydrogen (secondary N) is 1. The van der Waals surface area contributed by atoms with Gasteiger partial charge in [-0.3, -0.25) is 4.99 Å². The number of rotatable bonds is 5. The molecule has 1 aliphatic heterocycles. The SMILES string of the molecule is CN=C(NCC1(c2cccc(Cl)c2)CCOCC1)N(C)Cc1cccn1C.I. The Morgan fingerprint density at radius 3 is 2.64 bits per heavy atom. The van der Waals surface area contributed by atoms with Crippen molar-refractivity contribution in [3.05, 3.63) is 58.9 Å². The first-order chi connectivity index (χ1) is 13.0. The Morgan fingerprint density at radius 2 is 2.04 bits per heavy atom. The molecule has 0 radical (unpaired) electrons. The molecule has 0 spiro atoms. The number of guanidine groups is 1. The average Bonchev–Trinajstić information content (AvgIpc) is 3.07. The lowest BCUT2D eigenvalue weighted by molar-refractivity contribution is 0.0512. The molecule has 1 aromatic heterocycles. The van der Waals surface area contributed by atoms with Crippen molar-refractivity contribution in [1.82, 2.24) is 14.8 Å². The Hall–Kier alpha value is -1.25. The zero-order chi connectivity index (χ0) is 19.3. The average molecular weight is 517 g/mol. The Labute approximate surface area is 190 Å². The molecule has 1 saturated heterocycles. The van der Waals surface area contributed by atoms with E-state index >= 15 is 0 Å². The fourth-order valence-electron chi connectivity index (χ4n) is 3.76. The van der Waals surface area contributed by atoms with Crippen molar-refractivity contribution in [2.24, 2.45) is 12.0 Å². The van der Waals surface area contributed by atoms with Crippen LogP contribution in [-0.4, -0.2) is 49.3 Å². The van der Waals surface area contributed by atoms with E-state index in [1.54, 1.807) is 0 Å². The van der Waals surface area contributed by atoms with Gasteiger partial charge < -0.3 is 19.5 Å². The van der Waals surface area contributed by atoms with Gasteiger partial charge in [0.15, 0.2) is 5.96 Å². The topological polar surface area (TPSA) is 41.8 Å². The molecular formula is C21H30ClIN4O. The van der Waals surface area contributed by atoms with Crippen LogP contribution in [0, 0.1) is 0 Å². The maximum atomic E-state index is 6.27. The number of hydrogen-bond acceptors (Lipinski definition) is 2. The zero-order valence-electron chi connectivity index (χ0n) is 16.8. The number of aliphatic imine (C=N–C) groups is 1. The van der Waals surface area contributed by atoms with Gasteiger partial charge in [-0.2, -0.15) is 0 Å². The minimum atomic E-state index is 0. The molecule has 1 N–H and O–H groups in total. The van der Waals surface area contributed by atoms with E-state index in [2.05, 4.69) is 64.3 Å². The summed E-state index contributed by atoms with van der Waals surface area (Å²) in [6, 6.07) is 12.4. The number of aromatic nitrogens is 1. The third-order valence-electron chi connectivity index (χ3n) is 5.50. The Kier molecular flexibility index (Phi) is 8.64. The van der Waals surface area contributed by atoms with Crippen LogP contribution in [0.3, 0.4) is 0 Å². The Bertz CT molecular complexity index is 786. The Morgan fingerprint density at radius 1 is 1.29 bits per heavy atom. The number of benzene rings is 1. The van der Waals surface area contributed by atoms with Gasteiger partial charge in [0.05, 0.1) is 6.54 Å². The largest absolute Gasteiger partial charge is 0.381 e. The monoisotopic (exact) mass is 516 g/mol. The van der Waals surface area contributed by atoms with Gasteiger partial charge in [-0.1, -0.05) is 23.7 Å². The molecule has 3 rings (SSSR count). The van der Waals surface area contributed by atoms with Crippen LogP contribution < -0.4 is 5.32 Å². The van der Waals surface area contributed by atoms with Gasteiger partial charge >= 0.3 is 0 Å². The van der Waals surface area contributed by atoms with Crippen LogP contribution in [0.5, 0.6) is 0 Å². The van der Waals surface area contributed by atoms with E-state index in [9.17, 15) is 0 Å². The summed E-state index contributed by atoms with van der Waals surface area (Å²) in [5.41, 5.74) is 2.52. The molecule has 0 bridgehead atoms. The van der Waals surface area contributed by atoms with Crippen molar-refractivity contribution in [1.29, 1.82) is 0 Å². The predicted molar refractivity (Wildman–Crippen MR) is 127 cm³/mol. The highest BCUT2D eigenvalue weighted by Gasteiger charge is 2.35. The van der Waals surface area contributed by atoms with Gasteiger partial charge in [-0.05, 0) is 42.7 Å². The summed E-state index contributed by atoms with van der Waals surface area (Å²) < 4.78 is 7.77. The van der Waals surface area contributed by atoms with Gasteiger partial charge in [0.25, 0.3) is 0 Å². The van der Waals surface area contributed by atoms with Gasteiger partial charge in [0, 0.05) is 63.2 Å². The Balaban J connectivity index is 0.00000280. The molecule has 1 fully saturated rings. The highest BCUT2D eigenvalue weighted by atomic mass is 127. The van der Waals surface area contributed by atoms with Crippen LogP contribution in [0.25, 0.3) is 0 Å². The van der Waals surface area contributed by atoms with E-state index in [1.807, 2.05) is 19.2 Å². The van der Waals surface area contributed by atoms with Gasteiger partial charge in [-0.25, -0.2) is 0 Å². The second kappa shape index (κ2) is 10.5. The molecule has 154 valence electrons. The van der Waals surface area contributed by atoms with Crippen molar-refractivity contribution in [2.75, 3.05) is 33.9 Å². The highest BCUT2D eigenvalue weighted by Crippen LogP contribution is 2.35. The maximum Gasteiger partial charge on any atom is 0.193 e. The quantitative estimate of drug-likeness (QED) is 0.370. The van der Waals surface area contributed by atoms with E-state index in [0.717, 1.165) is 50.1 Å². The van der Waals surface area contributed by atoms with Crippen LogP contribution in [0.2, 0.25) is 5.02 Å². The maximum absolute atomic E-state index is 6.27. The molecule has 2 aromatic rings. The lowest BCUT2D eigenvalue weighted by atomic mass is 9.74. The summed E-state index contributed by atoms with van der Waals surface area (Å²) in [5, 5.41) is 4.38. The number of nitrogens with zero attached hydrogens (tertiary/aromatic N) is 3. The summed E-state index contributed by atoms with van der Waals surface area (Å²) in [4.78, 5) is 6.64. The lowest BCUT2D eigenvalue weighted by Gasteiger charge is -2.39. The fourth-order valence-corrected chi connectivity index (χ4v) is 3.95. The first-order valence-electron chi connectivity index (χ1n) is 9.40. The molecule has 5 nitrogen and oxygen atoms in total. The lowest BCUT2D eigenvalue weighted by Crippen LogP contribution is -2.48. The predicted octanol–water partition coefficient (Wildman–Crippen LogP) is 4.05. The molecule has 0 amide bonds. The molecule has 28 heavy (non-hydrogen) atoms. The second-order valence-electron chi connectivity index (χ2n) is 7.27. The summed E-state index contributed by atoms with van der Waals surface area (Å²) >= 11 is 6.27. The van der Waals surface area contributed by atoms with E-state index in [1.165, 1.54) is 11.3 Å². The molecule has 0 saturated carbocycles. The fraction of sp³-hybridized carbons (Fsp3) is 0.476. The third kappa shape index (κ3) is 5.42. The van der Waals surface area contributed by atoms with Gasteiger partial charge in [0.1, 0.15) is 0 Å². The summed E-state index contributed by atoms with van der Waals surface area (Å²) in [6.45, 7) is 3.15.